The van der Waals surface area contributed by atoms with Crippen molar-refractivity contribution in [3.63, 3.8) is 0 Å². The van der Waals surface area contributed by atoms with E-state index in [9.17, 15) is 4.39 Å². The Morgan fingerprint density at radius 1 is 1.08 bits per heavy atom. The molecule has 0 radical (unpaired) electrons. The molecular weight excluding hydrogens is 317 g/mol. The summed E-state index contributed by atoms with van der Waals surface area (Å²) in [4.78, 5) is 11.1. The fraction of sp³-hybridized carbons (Fsp3) is 0.316. The molecule has 0 fully saturated rings. The summed E-state index contributed by atoms with van der Waals surface area (Å²) in [7, 11) is 0. The lowest BCUT2D eigenvalue weighted by Crippen LogP contribution is -2.34. The molecule has 5 nitrogen and oxygen atoms in total. The van der Waals surface area contributed by atoms with Crippen molar-refractivity contribution in [1.82, 2.24) is 24.6 Å². The smallest absolute Gasteiger partial charge is 0.151 e. The first-order chi connectivity index (χ1) is 12.1. The van der Waals surface area contributed by atoms with Gasteiger partial charge in [0, 0.05) is 37.1 Å². The van der Waals surface area contributed by atoms with E-state index >= 15 is 0 Å². The molecule has 0 amide bonds. The molecule has 0 saturated heterocycles. The highest BCUT2D eigenvalue weighted by atomic mass is 19.1. The molecule has 3 aromatic rings. The van der Waals surface area contributed by atoms with E-state index in [0.717, 1.165) is 48.8 Å². The van der Waals surface area contributed by atoms with E-state index in [0.29, 0.717) is 11.4 Å². The van der Waals surface area contributed by atoms with E-state index in [1.165, 1.54) is 6.07 Å². The minimum Gasteiger partial charge on any atom is -0.290 e. The summed E-state index contributed by atoms with van der Waals surface area (Å²) in [5.74, 6) is -0.332. The third kappa shape index (κ3) is 3.05. The van der Waals surface area contributed by atoms with E-state index in [2.05, 4.69) is 26.0 Å². The molecule has 0 saturated carbocycles. The molecule has 1 aliphatic rings. The Hall–Kier alpha value is -2.60. The second-order valence-electron chi connectivity index (χ2n) is 6.46. The second kappa shape index (κ2) is 6.37. The Morgan fingerprint density at radius 3 is 2.76 bits per heavy atom. The molecule has 6 heteroatoms. The fourth-order valence-electron chi connectivity index (χ4n) is 3.34. The van der Waals surface area contributed by atoms with Crippen LogP contribution in [0.3, 0.4) is 0 Å². The summed E-state index contributed by atoms with van der Waals surface area (Å²) in [5.41, 5.74) is 5.20. The first kappa shape index (κ1) is 15.9. The lowest BCUT2D eigenvalue weighted by atomic mass is 10.1. The van der Waals surface area contributed by atoms with Gasteiger partial charge in [-0.2, -0.15) is 5.10 Å². The van der Waals surface area contributed by atoms with Crippen molar-refractivity contribution < 1.29 is 4.39 Å². The van der Waals surface area contributed by atoms with Crippen LogP contribution in [-0.2, 0) is 19.6 Å². The third-order valence-electron chi connectivity index (χ3n) is 4.64. The van der Waals surface area contributed by atoms with Crippen molar-refractivity contribution >= 4 is 0 Å². The van der Waals surface area contributed by atoms with Gasteiger partial charge in [0.1, 0.15) is 11.4 Å². The van der Waals surface area contributed by atoms with Crippen LogP contribution >= 0.6 is 0 Å². The van der Waals surface area contributed by atoms with Crippen molar-refractivity contribution in [3.8, 4) is 11.4 Å². The van der Waals surface area contributed by atoms with Crippen molar-refractivity contribution in [2.24, 2.45) is 0 Å². The SMILES string of the molecule is Cc1cccc(CN2CCn3nc(-c4ncccc4F)c(C)c3C2)n1. The van der Waals surface area contributed by atoms with Crippen molar-refractivity contribution in [2.45, 2.75) is 33.5 Å². The van der Waals surface area contributed by atoms with Gasteiger partial charge in [-0.25, -0.2) is 4.39 Å². The Balaban J connectivity index is 1.60. The average molecular weight is 337 g/mol. The van der Waals surface area contributed by atoms with Crippen molar-refractivity contribution in [3.05, 3.63) is 65.0 Å². The normalized spacial score (nSPS) is 14.5. The van der Waals surface area contributed by atoms with Gasteiger partial charge in [-0.1, -0.05) is 6.07 Å². The molecule has 0 aliphatic carbocycles. The highest BCUT2D eigenvalue weighted by molar-refractivity contribution is 5.60. The minimum atomic E-state index is -0.332. The molecule has 128 valence electrons. The highest BCUT2D eigenvalue weighted by Crippen LogP contribution is 2.28. The quantitative estimate of drug-likeness (QED) is 0.737. The number of fused-ring (bicyclic) bond motifs is 1. The van der Waals surface area contributed by atoms with E-state index in [1.54, 1.807) is 12.3 Å². The van der Waals surface area contributed by atoms with E-state index < -0.39 is 0 Å². The average Bonchev–Trinajstić information content (AvgIpc) is 2.92. The van der Waals surface area contributed by atoms with Crippen LogP contribution in [-0.4, -0.2) is 31.2 Å². The summed E-state index contributed by atoms with van der Waals surface area (Å²) in [6, 6.07) is 9.13. The van der Waals surface area contributed by atoms with Crippen LogP contribution in [0.15, 0.2) is 36.5 Å². The highest BCUT2D eigenvalue weighted by Gasteiger charge is 2.24. The van der Waals surface area contributed by atoms with Crippen LogP contribution in [0.25, 0.3) is 11.4 Å². The summed E-state index contributed by atoms with van der Waals surface area (Å²) in [6.07, 6.45) is 1.60. The molecule has 3 aromatic heterocycles. The fourth-order valence-corrected chi connectivity index (χ4v) is 3.34. The van der Waals surface area contributed by atoms with Crippen LogP contribution < -0.4 is 0 Å². The number of rotatable bonds is 3. The topological polar surface area (TPSA) is 46.8 Å². The van der Waals surface area contributed by atoms with Crippen molar-refractivity contribution in [2.75, 3.05) is 6.54 Å². The maximum absolute atomic E-state index is 14.1. The van der Waals surface area contributed by atoms with E-state index in [-0.39, 0.29) is 5.82 Å². The molecule has 1 aliphatic heterocycles. The van der Waals surface area contributed by atoms with Crippen LogP contribution in [0.2, 0.25) is 0 Å². The second-order valence-corrected chi connectivity index (χ2v) is 6.46. The number of nitrogens with zero attached hydrogens (tertiary/aromatic N) is 5. The minimum absolute atomic E-state index is 0.328. The number of hydrogen-bond donors (Lipinski definition) is 0. The largest absolute Gasteiger partial charge is 0.290 e. The van der Waals surface area contributed by atoms with Gasteiger partial charge < -0.3 is 0 Å². The molecule has 0 unspecified atom stereocenters. The van der Waals surface area contributed by atoms with Gasteiger partial charge >= 0.3 is 0 Å². The van der Waals surface area contributed by atoms with Gasteiger partial charge in [-0.05, 0) is 38.1 Å². The van der Waals surface area contributed by atoms with Crippen molar-refractivity contribution in [1.29, 1.82) is 0 Å². The number of aromatic nitrogens is 4. The summed E-state index contributed by atoms with van der Waals surface area (Å²) >= 11 is 0. The molecule has 0 spiro atoms. The molecule has 4 heterocycles. The first-order valence-electron chi connectivity index (χ1n) is 8.44. The molecule has 25 heavy (non-hydrogen) atoms. The van der Waals surface area contributed by atoms with Crippen LogP contribution in [0.5, 0.6) is 0 Å². The number of pyridine rings is 2. The van der Waals surface area contributed by atoms with Gasteiger partial charge in [-0.3, -0.25) is 19.5 Å². The predicted molar refractivity (Wildman–Crippen MR) is 93.2 cm³/mol. The molecule has 4 rings (SSSR count). The number of aryl methyl sites for hydroxylation is 1. The standard InChI is InChI=1S/C19H20FN5/c1-13-5-3-6-15(22-13)11-24-9-10-25-17(12-24)14(2)18(23-25)19-16(20)7-4-8-21-19/h3-8H,9-12H2,1-2H3. The first-order valence-corrected chi connectivity index (χ1v) is 8.44. The summed E-state index contributed by atoms with van der Waals surface area (Å²) < 4.78 is 16.1. The molecule has 0 N–H and O–H groups in total. The Labute approximate surface area is 146 Å². The number of hydrogen-bond acceptors (Lipinski definition) is 4. The predicted octanol–water partition coefficient (Wildman–Crippen LogP) is 3.11. The lowest BCUT2D eigenvalue weighted by Gasteiger charge is -2.27. The summed E-state index contributed by atoms with van der Waals surface area (Å²) in [5, 5.41) is 4.61. The van der Waals surface area contributed by atoms with Crippen LogP contribution in [0.4, 0.5) is 4.39 Å². The maximum atomic E-state index is 14.1. The van der Waals surface area contributed by atoms with E-state index in [1.807, 2.05) is 30.7 Å². The summed E-state index contributed by atoms with van der Waals surface area (Å²) in [6.45, 7) is 7.27. The maximum Gasteiger partial charge on any atom is 0.151 e. The number of halogens is 1. The van der Waals surface area contributed by atoms with Gasteiger partial charge in [0.25, 0.3) is 0 Å². The van der Waals surface area contributed by atoms with Gasteiger partial charge in [0.2, 0.25) is 0 Å². The van der Waals surface area contributed by atoms with Gasteiger partial charge in [0.05, 0.1) is 17.9 Å². The molecule has 0 aromatic carbocycles. The van der Waals surface area contributed by atoms with E-state index in [4.69, 9.17) is 0 Å². The zero-order valence-corrected chi connectivity index (χ0v) is 14.4. The zero-order chi connectivity index (χ0) is 17.4. The third-order valence-corrected chi connectivity index (χ3v) is 4.64. The van der Waals surface area contributed by atoms with Crippen LogP contribution in [0.1, 0.15) is 22.6 Å². The monoisotopic (exact) mass is 337 g/mol. The Morgan fingerprint density at radius 2 is 1.96 bits per heavy atom. The van der Waals surface area contributed by atoms with Gasteiger partial charge in [0.15, 0.2) is 5.82 Å². The Kier molecular flexibility index (Phi) is 4.05. The Bertz CT molecular complexity index is 918. The lowest BCUT2D eigenvalue weighted by molar-refractivity contribution is 0.202. The van der Waals surface area contributed by atoms with Crippen LogP contribution in [0, 0.1) is 19.7 Å². The molecule has 0 bridgehead atoms. The van der Waals surface area contributed by atoms with Gasteiger partial charge in [-0.15, -0.1) is 0 Å². The molecular formula is C19H20FN5. The zero-order valence-electron chi connectivity index (χ0n) is 14.4. The molecule has 0 atom stereocenters.